The maximum absolute atomic E-state index is 9.65. The van der Waals surface area contributed by atoms with Crippen molar-refractivity contribution in [3.63, 3.8) is 0 Å². The number of aromatic hydroxyl groups is 2. The first kappa shape index (κ1) is 19.5. The number of hydrogen-bond acceptors (Lipinski definition) is 4. The van der Waals surface area contributed by atoms with Gasteiger partial charge in [0.05, 0.1) is 10.7 Å². The molecule has 0 saturated heterocycles. The molecule has 0 heterocycles. The molecule has 0 fully saturated rings. The van der Waals surface area contributed by atoms with Crippen LogP contribution in [0.15, 0.2) is 103 Å². The molecule has 0 radical (unpaired) electrons. The van der Waals surface area contributed by atoms with Gasteiger partial charge in [-0.15, -0.1) is 18.3 Å². The first-order valence-electron chi connectivity index (χ1n) is 8.83. The highest BCUT2D eigenvalue weighted by molar-refractivity contribution is 8.14. The summed E-state index contributed by atoms with van der Waals surface area (Å²) in [5, 5.41) is 20.1. The fourth-order valence-electron chi connectivity index (χ4n) is 2.62. The molecule has 0 saturated carbocycles. The number of nitrogens with zero attached hydrogens (tertiary/aromatic N) is 1. The molecular weight excluding hydrogens is 366 g/mol. The van der Waals surface area contributed by atoms with Crippen LogP contribution in [-0.4, -0.2) is 21.0 Å². The Hall–Kier alpha value is -3.24. The Balaban J connectivity index is 2.10. The van der Waals surface area contributed by atoms with E-state index in [1.165, 1.54) is 0 Å². The van der Waals surface area contributed by atoms with E-state index in [2.05, 4.69) is 6.58 Å². The molecular formula is C24H21NO2S. The predicted molar refractivity (Wildman–Crippen MR) is 119 cm³/mol. The highest BCUT2D eigenvalue weighted by Crippen LogP contribution is 2.28. The van der Waals surface area contributed by atoms with E-state index in [9.17, 15) is 10.2 Å². The third kappa shape index (κ3) is 5.38. The molecule has 0 atom stereocenters. The van der Waals surface area contributed by atoms with Crippen LogP contribution in [0.4, 0.5) is 5.69 Å². The lowest BCUT2D eigenvalue weighted by Gasteiger charge is -2.11. The second-order valence-electron chi connectivity index (χ2n) is 6.04. The van der Waals surface area contributed by atoms with Crippen LogP contribution in [0.1, 0.15) is 11.1 Å². The van der Waals surface area contributed by atoms with Gasteiger partial charge in [-0.05, 0) is 59.2 Å². The van der Waals surface area contributed by atoms with Crippen LogP contribution in [0.2, 0.25) is 0 Å². The Morgan fingerprint density at radius 2 is 1.36 bits per heavy atom. The Kier molecular flexibility index (Phi) is 6.71. The van der Waals surface area contributed by atoms with E-state index in [4.69, 9.17) is 4.99 Å². The maximum Gasteiger partial charge on any atom is 0.115 e. The zero-order chi connectivity index (χ0) is 19.8. The molecule has 0 aliphatic carbocycles. The van der Waals surface area contributed by atoms with Crippen molar-refractivity contribution in [3.8, 4) is 11.5 Å². The summed E-state index contributed by atoms with van der Waals surface area (Å²) in [5.41, 5.74) is 3.72. The number of benzene rings is 3. The molecule has 28 heavy (non-hydrogen) atoms. The largest absolute Gasteiger partial charge is 0.508 e. The number of phenols is 2. The normalized spacial score (nSPS) is 11.1. The van der Waals surface area contributed by atoms with Gasteiger partial charge in [0.2, 0.25) is 0 Å². The van der Waals surface area contributed by atoms with Crippen molar-refractivity contribution in [2.75, 3.05) is 5.75 Å². The molecule has 3 aromatic carbocycles. The standard InChI is InChI=1S/C24H21NO2S/c1-2-16-28-24(25-20-6-4-3-5-7-20)17-23(18-8-12-21(26)13-9-18)19-10-14-22(27)15-11-19/h2-15,17,26-27H,1,16H2. The van der Waals surface area contributed by atoms with Gasteiger partial charge in [0.1, 0.15) is 11.5 Å². The highest BCUT2D eigenvalue weighted by Gasteiger charge is 2.08. The maximum atomic E-state index is 9.65. The van der Waals surface area contributed by atoms with Crippen LogP contribution in [0, 0.1) is 0 Å². The Labute approximate surface area is 169 Å². The Morgan fingerprint density at radius 3 is 1.86 bits per heavy atom. The topological polar surface area (TPSA) is 52.8 Å². The zero-order valence-corrected chi connectivity index (χ0v) is 16.1. The summed E-state index contributed by atoms with van der Waals surface area (Å²) in [6.07, 6.45) is 3.87. The summed E-state index contributed by atoms with van der Waals surface area (Å²) in [6.45, 7) is 3.80. The summed E-state index contributed by atoms with van der Waals surface area (Å²) in [7, 11) is 0. The van der Waals surface area contributed by atoms with Crippen LogP contribution in [-0.2, 0) is 0 Å². The van der Waals surface area contributed by atoms with E-state index in [1.807, 2.05) is 66.7 Å². The SMILES string of the molecule is C=CCSC(C=C(c1ccc(O)cc1)c1ccc(O)cc1)=Nc1ccccc1. The molecule has 0 amide bonds. The van der Waals surface area contributed by atoms with Gasteiger partial charge in [-0.3, -0.25) is 0 Å². The van der Waals surface area contributed by atoms with E-state index in [0.29, 0.717) is 0 Å². The molecule has 0 aliphatic rings. The molecule has 140 valence electrons. The molecule has 3 aromatic rings. The predicted octanol–water partition coefficient (Wildman–Crippen LogP) is 6.18. The molecule has 4 heteroatoms. The second kappa shape index (κ2) is 9.62. The summed E-state index contributed by atoms with van der Waals surface area (Å²) in [4.78, 5) is 4.78. The van der Waals surface area contributed by atoms with Gasteiger partial charge < -0.3 is 10.2 Å². The van der Waals surface area contributed by atoms with Crippen LogP contribution < -0.4 is 0 Å². The van der Waals surface area contributed by atoms with Gasteiger partial charge in [-0.1, -0.05) is 48.5 Å². The third-order valence-electron chi connectivity index (χ3n) is 3.97. The molecule has 0 spiro atoms. The lowest BCUT2D eigenvalue weighted by molar-refractivity contribution is 0.475. The van der Waals surface area contributed by atoms with Crippen LogP contribution >= 0.6 is 11.8 Å². The number of rotatable bonds is 6. The highest BCUT2D eigenvalue weighted by atomic mass is 32.2. The zero-order valence-electron chi connectivity index (χ0n) is 15.3. The first-order valence-corrected chi connectivity index (χ1v) is 9.82. The van der Waals surface area contributed by atoms with Crippen molar-refractivity contribution < 1.29 is 10.2 Å². The van der Waals surface area contributed by atoms with Gasteiger partial charge in [-0.2, -0.15) is 0 Å². The summed E-state index contributed by atoms with van der Waals surface area (Å²) in [6, 6.07) is 23.9. The third-order valence-corrected chi connectivity index (χ3v) is 4.88. The van der Waals surface area contributed by atoms with Crippen molar-refractivity contribution >= 4 is 28.1 Å². The van der Waals surface area contributed by atoms with Crippen LogP contribution in [0.5, 0.6) is 11.5 Å². The number of phenolic OH excluding ortho intramolecular Hbond substituents is 2. The monoisotopic (exact) mass is 387 g/mol. The lowest BCUT2D eigenvalue weighted by Crippen LogP contribution is -1.94. The quantitative estimate of drug-likeness (QED) is 0.302. The Bertz CT molecular complexity index is 928. The second-order valence-corrected chi connectivity index (χ2v) is 7.08. The van der Waals surface area contributed by atoms with Crippen LogP contribution in [0.25, 0.3) is 5.57 Å². The van der Waals surface area contributed by atoms with E-state index in [-0.39, 0.29) is 11.5 Å². The fourth-order valence-corrected chi connectivity index (χ4v) is 3.28. The summed E-state index contributed by atoms with van der Waals surface area (Å²) < 4.78 is 0. The minimum Gasteiger partial charge on any atom is -0.508 e. The average molecular weight is 388 g/mol. The van der Waals surface area contributed by atoms with Crippen molar-refractivity contribution in [2.45, 2.75) is 0 Å². The molecule has 3 rings (SSSR count). The molecule has 2 N–H and O–H groups in total. The Morgan fingerprint density at radius 1 is 0.821 bits per heavy atom. The minimum atomic E-state index is 0.216. The number of para-hydroxylation sites is 1. The van der Waals surface area contributed by atoms with E-state index in [0.717, 1.165) is 33.2 Å². The number of aliphatic imine (C=N–C) groups is 1. The van der Waals surface area contributed by atoms with Crippen molar-refractivity contribution in [2.24, 2.45) is 4.99 Å². The van der Waals surface area contributed by atoms with Crippen LogP contribution in [0.3, 0.4) is 0 Å². The van der Waals surface area contributed by atoms with Gasteiger partial charge >= 0.3 is 0 Å². The van der Waals surface area contributed by atoms with E-state index in [1.54, 1.807) is 36.0 Å². The summed E-state index contributed by atoms with van der Waals surface area (Å²) >= 11 is 1.60. The number of hydrogen-bond donors (Lipinski definition) is 2. The summed E-state index contributed by atoms with van der Waals surface area (Å²) in [5.74, 6) is 1.17. The smallest absolute Gasteiger partial charge is 0.115 e. The first-order chi connectivity index (χ1) is 13.7. The lowest BCUT2D eigenvalue weighted by atomic mass is 9.97. The van der Waals surface area contributed by atoms with Crippen molar-refractivity contribution in [1.29, 1.82) is 0 Å². The molecule has 0 aromatic heterocycles. The minimum absolute atomic E-state index is 0.216. The molecule has 0 unspecified atom stereocenters. The van der Waals surface area contributed by atoms with Crippen molar-refractivity contribution in [1.82, 2.24) is 0 Å². The number of thioether (sulfide) groups is 1. The van der Waals surface area contributed by atoms with Gasteiger partial charge in [0, 0.05) is 5.75 Å². The van der Waals surface area contributed by atoms with Gasteiger partial charge in [-0.25, -0.2) is 4.99 Å². The van der Waals surface area contributed by atoms with Crippen molar-refractivity contribution in [3.05, 3.63) is 109 Å². The average Bonchev–Trinajstić information content (AvgIpc) is 2.72. The van der Waals surface area contributed by atoms with E-state index >= 15 is 0 Å². The molecule has 3 nitrogen and oxygen atoms in total. The van der Waals surface area contributed by atoms with E-state index < -0.39 is 0 Å². The van der Waals surface area contributed by atoms with Gasteiger partial charge in [0.25, 0.3) is 0 Å². The fraction of sp³-hybridized carbons (Fsp3) is 0.0417. The molecule has 0 bridgehead atoms. The van der Waals surface area contributed by atoms with Gasteiger partial charge in [0.15, 0.2) is 0 Å². The molecule has 0 aliphatic heterocycles.